The Bertz CT molecular complexity index is 978. The van der Waals surface area contributed by atoms with E-state index in [2.05, 4.69) is 10.6 Å². The summed E-state index contributed by atoms with van der Waals surface area (Å²) in [6.07, 6.45) is 5.54. The molecule has 1 aromatic carbocycles. The van der Waals surface area contributed by atoms with Crippen LogP contribution in [0, 0.1) is 5.82 Å². The van der Waals surface area contributed by atoms with E-state index >= 15 is 0 Å². The number of carbonyl (C=O) groups is 2. The molecule has 3 rings (SSSR count). The first-order valence-electron chi connectivity index (χ1n) is 10.3. The third-order valence-corrected chi connectivity index (χ3v) is 5.58. The van der Waals surface area contributed by atoms with Crippen LogP contribution >= 0.6 is 0 Å². The molecule has 2 amide bonds. The molecule has 2 aromatic rings. The Morgan fingerprint density at radius 2 is 1.90 bits per heavy atom. The second-order valence-electron chi connectivity index (χ2n) is 8.51. The first-order chi connectivity index (χ1) is 14.2. The van der Waals surface area contributed by atoms with Gasteiger partial charge in [-0.15, -0.1) is 0 Å². The smallest absolute Gasteiger partial charge is 0.252 e. The summed E-state index contributed by atoms with van der Waals surface area (Å²) in [5, 5.41) is 5.78. The van der Waals surface area contributed by atoms with Crippen molar-refractivity contribution in [3.8, 4) is 0 Å². The topological polar surface area (TPSA) is 80.2 Å². The SMILES string of the molecule is CC(C)(CNC(=O)c1ccc(=O)n(CC(=O)NC2CCCC2)c1)c1cccc(F)c1. The van der Waals surface area contributed by atoms with E-state index in [0.717, 1.165) is 31.2 Å². The summed E-state index contributed by atoms with van der Waals surface area (Å²) in [6, 6.07) is 9.19. The fourth-order valence-electron chi connectivity index (χ4n) is 3.70. The minimum atomic E-state index is -0.479. The van der Waals surface area contributed by atoms with Crippen LogP contribution in [-0.2, 0) is 16.8 Å². The van der Waals surface area contributed by atoms with E-state index in [4.69, 9.17) is 0 Å². The van der Waals surface area contributed by atoms with Crippen LogP contribution in [0.2, 0.25) is 0 Å². The number of pyridine rings is 1. The number of benzene rings is 1. The van der Waals surface area contributed by atoms with Gasteiger partial charge in [-0.3, -0.25) is 14.4 Å². The van der Waals surface area contributed by atoms with Gasteiger partial charge >= 0.3 is 0 Å². The second-order valence-corrected chi connectivity index (χ2v) is 8.51. The van der Waals surface area contributed by atoms with Crippen LogP contribution in [-0.4, -0.2) is 29.0 Å². The molecule has 0 spiro atoms. The van der Waals surface area contributed by atoms with Crippen molar-refractivity contribution < 1.29 is 14.0 Å². The molecular weight excluding hydrogens is 385 g/mol. The third kappa shape index (κ3) is 5.55. The molecule has 1 fully saturated rings. The highest BCUT2D eigenvalue weighted by Crippen LogP contribution is 2.23. The van der Waals surface area contributed by atoms with Crippen LogP contribution < -0.4 is 16.2 Å². The number of carbonyl (C=O) groups excluding carboxylic acids is 2. The van der Waals surface area contributed by atoms with Crippen LogP contribution in [0.25, 0.3) is 0 Å². The average Bonchev–Trinajstić information content (AvgIpc) is 3.20. The van der Waals surface area contributed by atoms with Crippen molar-refractivity contribution in [2.24, 2.45) is 0 Å². The normalized spacial score (nSPS) is 14.5. The Morgan fingerprint density at radius 1 is 1.17 bits per heavy atom. The van der Waals surface area contributed by atoms with Crippen molar-refractivity contribution in [3.05, 3.63) is 69.9 Å². The Hall–Kier alpha value is -2.96. The first-order valence-corrected chi connectivity index (χ1v) is 10.3. The minimum Gasteiger partial charge on any atom is -0.352 e. The molecule has 2 N–H and O–H groups in total. The van der Waals surface area contributed by atoms with Gasteiger partial charge in [0.25, 0.3) is 11.5 Å². The molecule has 7 heteroatoms. The maximum absolute atomic E-state index is 13.5. The number of nitrogens with one attached hydrogen (secondary N) is 2. The van der Waals surface area contributed by atoms with Gasteiger partial charge in [0.2, 0.25) is 5.91 Å². The Balaban J connectivity index is 1.63. The fourth-order valence-corrected chi connectivity index (χ4v) is 3.70. The van der Waals surface area contributed by atoms with Gasteiger partial charge in [-0.1, -0.05) is 38.8 Å². The lowest BCUT2D eigenvalue weighted by Gasteiger charge is -2.25. The molecule has 6 nitrogen and oxygen atoms in total. The largest absolute Gasteiger partial charge is 0.352 e. The molecule has 0 unspecified atom stereocenters. The summed E-state index contributed by atoms with van der Waals surface area (Å²) in [4.78, 5) is 37.0. The molecule has 1 aliphatic carbocycles. The van der Waals surface area contributed by atoms with E-state index in [1.165, 1.54) is 35.0 Å². The van der Waals surface area contributed by atoms with Gasteiger partial charge < -0.3 is 15.2 Å². The number of hydrogen-bond acceptors (Lipinski definition) is 3. The van der Waals surface area contributed by atoms with Gasteiger partial charge in [0.05, 0.1) is 5.56 Å². The molecule has 1 saturated carbocycles. The number of halogens is 1. The van der Waals surface area contributed by atoms with Crippen LogP contribution in [0.4, 0.5) is 4.39 Å². The summed E-state index contributed by atoms with van der Waals surface area (Å²) >= 11 is 0. The number of rotatable bonds is 7. The predicted molar refractivity (Wildman–Crippen MR) is 113 cm³/mol. The van der Waals surface area contributed by atoms with E-state index in [1.807, 2.05) is 19.9 Å². The molecule has 0 atom stereocenters. The van der Waals surface area contributed by atoms with Gasteiger partial charge in [-0.2, -0.15) is 0 Å². The molecule has 1 aliphatic rings. The van der Waals surface area contributed by atoms with Gasteiger partial charge in [0.15, 0.2) is 0 Å². The summed E-state index contributed by atoms with van der Waals surface area (Å²) in [6.45, 7) is 3.99. The number of hydrogen-bond donors (Lipinski definition) is 2. The lowest BCUT2D eigenvalue weighted by molar-refractivity contribution is -0.122. The minimum absolute atomic E-state index is 0.120. The number of aromatic nitrogens is 1. The van der Waals surface area contributed by atoms with Crippen molar-refractivity contribution in [1.82, 2.24) is 15.2 Å². The van der Waals surface area contributed by atoms with Gasteiger partial charge in [-0.05, 0) is 36.6 Å². The second kappa shape index (κ2) is 9.24. The van der Waals surface area contributed by atoms with Gasteiger partial charge in [-0.25, -0.2) is 4.39 Å². The average molecular weight is 413 g/mol. The predicted octanol–water partition coefficient (Wildman–Crippen LogP) is 2.75. The van der Waals surface area contributed by atoms with Crippen molar-refractivity contribution in [2.45, 2.75) is 57.5 Å². The number of nitrogens with zero attached hydrogens (tertiary/aromatic N) is 1. The van der Waals surface area contributed by atoms with E-state index in [0.29, 0.717) is 5.56 Å². The van der Waals surface area contributed by atoms with Crippen LogP contribution in [0.3, 0.4) is 0 Å². The third-order valence-electron chi connectivity index (χ3n) is 5.58. The maximum atomic E-state index is 13.5. The quantitative estimate of drug-likeness (QED) is 0.733. The molecule has 0 saturated heterocycles. The monoisotopic (exact) mass is 413 g/mol. The maximum Gasteiger partial charge on any atom is 0.252 e. The van der Waals surface area contributed by atoms with Crippen molar-refractivity contribution in [2.75, 3.05) is 6.54 Å². The molecule has 30 heavy (non-hydrogen) atoms. The zero-order valence-electron chi connectivity index (χ0n) is 17.4. The summed E-state index contributed by atoms with van der Waals surface area (Å²) in [5.74, 6) is -0.909. The lowest BCUT2D eigenvalue weighted by atomic mass is 9.84. The molecule has 1 aromatic heterocycles. The fraction of sp³-hybridized carbons (Fsp3) is 0.435. The van der Waals surface area contributed by atoms with E-state index in [-0.39, 0.29) is 42.3 Å². The summed E-state index contributed by atoms with van der Waals surface area (Å²) < 4.78 is 14.8. The Labute approximate surface area is 175 Å². The van der Waals surface area contributed by atoms with E-state index in [9.17, 15) is 18.8 Å². The molecule has 0 bridgehead atoms. The summed E-state index contributed by atoms with van der Waals surface area (Å²) in [5.41, 5.74) is 0.246. The van der Waals surface area contributed by atoms with Crippen molar-refractivity contribution in [1.29, 1.82) is 0 Å². The van der Waals surface area contributed by atoms with Crippen LogP contribution in [0.15, 0.2) is 47.4 Å². The lowest BCUT2D eigenvalue weighted by Crippen LogP contribution is -2.39. The van der Waals surface area contributed by atoms with E-state index < -0.39 is 5.41 Å². The van der Waals surface area contributed by atoms with Gasteiger partial charge in [0, 0.05) is 30.3 Å². The summed E-state index contributed by atoms with van der Waals surface area (Å²) in [7, 11) is 0. The Morgan fingerprint density at radius 3 is 2.60 bits per heavy atom. The molecule has 0 radical (unpaired) electrons. The zero-order chi connectivity index (χ0) is 21.7. The molecule has 1 heterocycles. The van der Waals surface area contributed by atoms with Crippen molar-refractivity contribution >= 4 is 11.8 Å². The number of amides is 2. The zero-order valence-corrected chi connectivity index (χ0v) is 17.4. The highest BCUT2D eigenvalue weighted by Gasteiger charge is 2.23. The highest BCUT2D eigenvalue weighted by atomic mass is 19.1. The molecular formula is C23H28FN3O3. The van der Waals surface area contributed by atoms with Crippen LogP contribution in [0.5, 0.6) is 0 Å². The molecule has 0 aliphatic heterocycles. The highest BCUT2D eigenvalue weighted by molar-refractivity contribution is 5.94. The molecule has 160 valence electrons. The van der Waals surface area contributed by atoms with E-state index in [1.54, 1.807) is 6.07 Å². The Kier molecular flexibility index (Phi) is 6.70. The first kappa shape index (κ1) is 21.7. The van der Waals surface area contributed by atoms with Crippen molar-refractivity contribution in [3.63, 3.8) is 0 Å². The van der Waals surface area contributed by atoms with Gasteiger partial charge in [0.1, 0.15) is 12.4 Å². The standard InChI is InChI=1S/C23H28FN3O3/c1-23(2,17-6-5-7-18(24)12-17)15-25-22(30)16-10-11-21(29)27(13-16)14-20(28)26-19-8-3-4-9-19/h5-7,10-13,19H,3-4,8-9,14-15H2,1-2H3,(H,25,30)(H,26,28). The van der Waals surface area contributed by atoms with Crippen LogP contribution in [0.1, 0.15) is 55.5 Å².